The Kier molecular flexibility index (Phi) is 5.65. The highest BCUT2D eigenvalue weighted by atomic mass is 19.4. The fourth-order valence-electron chi connectivity index (χ4n) is 3.12. The van der Waals surface area contributed by atoms with Gasteiger partial charge in [0.2, 0.25) is 0 Å². The Morgan fingerprint density at radius 2 is 1.57 bits per heavy atom. The quantitative estimate of drug-likeness (QED) is 0.519. The summed E-state index contributed by atoms with van der Waals surface area (Å²) in [5.41, 5.74) is -1.23. The van der Waals surface area contributed by atoms with Gasteiger partial charge in [-0.25, -0.2) is 4.85 Å². The van der Waals surface area contributed by atoms with Crippen molar-refractivity contribution in [2.75, 3.05) is 0 Å². The minimum absolute atomic E-state index is 0.165. The van der Waals surface area contributed by atoms with Gasteiger partial charge in [-0.1, -0.05) is 60.7 Å². The van der Waals surface area contributed by atoms with E-state index in [1.807, 2.05) is 30.3 Å². The lowest BCUT2D eigenvalue weighted by Crippen LogP contribution is -2.25. The summed E-state index contributed by atoms with van der Waals surface area (Å²) < 4.78 is 41.6. The molecule has 3 nitrogen and oxygen atoms in total. The van der Waals surface area contributed by atoms with Crippen LogP contribution in [0.25, 0.3) is 16.1 Å². The second-order valence-electron chi connectivity index (χ2n) is 6.31. The van der Waals surface area contributed by atoms with E-state index in [1.165, 1.54) is 4.57 Å². The number of halogens is 3. The van der Waals surface area contributed by atoms with Gasteiger partial charge in [0.15, 0.2) is 0 Å². The molecule has 0 aliphatic carbocycles. The number of benzene rings is 2. The highest BCUT2D eigenvalue weighted by Crippen LogP contribution is 2.37. The second-order valence-corrected chi connectivity index (χ2v) is 6.31. The predicted octanol–water partition coefficient (Wildman–Crippen LogP) is 5.72. The van der Waals surface area contributed by atoms with E-state index in [2.05, 4.69) is 4.85 Å². The average Bonchev–Trinajstić information content (AvgIpc) is 2.69. The summed E-state index contributed by atoms with van der Waals surface area (Å²) in [5, 5.41) is 0. The molecule has 0 radical (unpaired) electrons. The van der Waals surface area contributed by atoms with Gasteiger partial charge < -0.3 is 4.57 Å². The fraction of sp³-hybridized carbons (Fsp3) is 0.182. The summed E-state index contributed by atoms with van der Waals surface area (Å²) in [4.78, 5) is 15.6. The van der Waals surface area contributed by atoms with Gasteiger partial charge in [-0.2, -0.15) is 13.2 Å². The lowest BCUT2D eigenvalue weighted by atomic mass is 10.1. The molecule has 6 heteroatoms. The molecule has 1 aromatic heterocycles. The summed E-state index contributed by atoms with van der Waals surface area (Å²) in [6.45, 7) is 7.32. The SMILES string of the molecule is [C-]#[N+]c1c(C(F)(F)F)cc(-c2ccccc2)n(CCCc2ccccc2)c1=O. The molecule has 0 saturated carbocycles. The smallest absolute Gasteiger partial charge is 0.317 e. The van der Waals surface area contributed by atoms with Crippen molar-refractivity contribution in [3.05, 3.63) is 99.6 Å². The van der Waals surface area contributed by atoms with Crippen molar-refractivity contribution >= 4 is 5.69 Å². The average molecular weight is 382 g/mol. The van der Waals surface area contributed by atoms with Crippen molar-refractivity contribution in [2.24, 2.45) is 0 Å². The highest BCUT2D eigenvalue weighted by molar-refractivity contribution is 5.65. The maximum absolute atomic E-state index is 13.4. The van der Waals surface area contributed by atoms with Gasteiger partial charge in [0, 0.05) is 12.2 Å². The second kappa shape index (κ2) is 8.13. The lowest BCUT2D eigenvalue weighted by Gasteiger charge is -2.18. The predicted molar refractivity (Wildman–Crippen MR) is 102 cm³/mol. The number of aromatic nitrogens is 1. The zero-order valence-electron chi connectivity index (χ0n) is 14.9. The van der Waals surface area contributed by atoms with E-state index in [0.29, 0.717) is 18.4 Å². The highest BCUT2D eigenvalue weighted by Gasteiger charge is 2.36. The van der Waals surface area contributed by atoms with Gasteiger partial charge in [0.1, 0.15) is 0 Å². The number of rotatable bonds is 5. The van der Waals surface area contributed by atoms with Crippen LogP contribution in [-0.2, 0) is 19.1 Å². The molecule has 0 bridgehead atoms. The summed E-state index contributed by atoms with van der Waals surface area (Å²) >= 11 is 0. The molecule has 3 aromatic rings. The number of pyridine rings is 1. The molecule has 0 aliphatic heterocycles. The zero-order chi connectivity index (χ0) is 20.1. The van der Waals surface area contributed by atoms with E-state index in [9.17, 15) is 18.0 Å². The topological polar surface area (TPSA) is 26.4 Å². The number of alkyl halides is 3. The Hall–Kier alpha value is -3.33. The van der Waals surface area contributed by atoms with Crippen LogP contribution in [-0.4, -0.2) is 4.57 Å². The van der Waals surface area contributed by atoms with Gasteiger partial charge in [0.25, 0.3) is 11.2 Å². The van der Waals surface area contributed by atoms with Crippen LogP contribution in [0.1, 0.15) is 17.5 Å². The van der Waals surface area contributed by atoms with Gasteiger partial charge in [0.05, 0.1) is 12.1 Å². The van der Waals surface area contributed by atoms with Gasteiger partial charge in [-0.05, 0) is 30.0 Å². The molecule has 0 saturated heterocycles. The lowest BCUT2D eigenvalue weighted by molar-refractivity contribution is -0.136. The Balaban J connectivity index is 2.06. The summed E-state index contributed by atoms with van der Waals surface area (Å²) in [6.07, 6.45) is -3.53. The van der Waals surface area contributed by atoms with Crippen molar-refractivity contribution in [3.63, 3.8) is 0 Å². The van der Waals surface area contributed by atoms with Crippen LogP contribution < -0.4 is 5.56 Å². The standard InChI is InChI=1S/C22H17F3N2O/c1-26-20-18(22(23,24)25)15-19(17-12-6-3-7-13-17)27(21(20)28)14-8-11-16-9-4-2-5-10-16/h2-7,9-10,12-13,15H,8,11,14H2. The van der Waals surface area contributed by atoms with Crippen LogP contribution in [0.15, 0.2) is 71.5 Å². The monoisotopic (exact) mass is 382 g/mol. The number of hydrogen-bond acceptors (Lipinski definition) is 1. The van der Waals surface area contributed by atoms with Crippen molar-refractivity contribution in [2.45, 2.75) is 25.6 Å². The Labute approximate surface area is 160 Å². The third kappa shape index (κ3) is 4.15. The van der Waals surface area contributed by atoms with E-state index in [-0.39, 0.29) is 12.2 Å². The largest absolute Gasteiger partial charge is 0.407 e. The first-order valence-corrected chi connectivity index (χ1v) is 8.73. The number of aryl methyl sites for hydroxylation is 1. The molecular formula is C22H17F3N2O. The first kappa shape index (κ1) is 19.4. The molecule has 0 atom stereocenters. The molecule has 142 valence electrons. The van der Waals surface area contributed by atoms with Crippen LogP contribution in [0.3, 0.4) is 0 Å². The summed E-state index contributed by atoms with van der Waals surface area (Å²) in [7, 11) is 0. The first-order chi connectivity index (χ1) is 13.4. The normalized spacial score (nSPS) is 11.2. The Morgan fingerprint density at radius 3 is 2.14 bits per heavy atom. The zero-order valence-corrected chi connectivity index (χ0v) is 14.9. The summed E-state index contributed by atoms with van der Waals surface area (Å²) in [5.74, 6) is 0. The van der Waals surface area contributed by atoms with E-state index in [1.54, 1.807) is 30.3 Å². The molecule has 0 amide bonds. The number of nitrogens with zero attached hydrogens (tertiary/aromatic N) is 2. The molecule has 1 heterocycles. The molecule has 0 unspecified atom stereocenters. The van der Waals surface area contributed by atoms with Crippen LogP contribution in [0.2, 0.25) is 0 Å². The maximum atomic E-state index is 13.4. The molecule has 0 N–H and O–H groups in total. The molecule has 0 aliphatic rings. The third-order valence-electron chi connectivity index (χ3n) is 4.45. The van der Waals surface area contributed by atoms with Crippen molar-refractivity contribution in [1.82, 2.24) is 4.57 Å². The van der Waals surface area contributed by atoms with E-state index in [4.69, 9.17) is 6.57 Å². The van der Waals surface area contributed by atoms with Crippen LogP contribution in [0, 0.1) is 6.57 Å². The van der Waals surface area contributed by atoms with Gasteiger partial charge in [-0.15, -0.1) is 0 Å². The van der Waals surface area contributed by atoms with Crippen LogP contribution >= 0.6 is 0 Å². The van der Waals surface area contributed by atoms with E-state index >= 15 is 0 Å². The molecule has 3 rings (SSSR count). The third-order valence-corrected chi connectivity index (χ3v) is 4.45. The number of hydrogen-bond donors (Lipinski definition) is 0. The molecular weight excluding hydrogens is 365 g/mol. The van der Waals surface area contributed by atoms with E-state index < -0.39 is 23.0 Å². The first-order valence-electron chi connectivity index (χ1n) is 8.73. The maximum Gasteiger partial charge on any atom is 0.407 e. The molecule has 2 aromatic carbocycles. The van der Waals surface area contributed by atoms with Crippen molar-refractivity contribution in [3.8, 4) is 11.3 Å². The minimum atomic E-state index is -4.77. The van der Waals surface area contributed by atoms with Crippen molar-refractivity contribution < 1.29 is 13.2 Å². The Bertz CT molecular complexity index is 1050. The van der Waals surface area contributed by atoms with Crippen molar-refractivity contribution in [1.29, 1.82) is 0 Å². The molecule has 0 spiro atoms. The fourth-order valence-corrected chi connectivity index (χ4v) is 3.12. The van der Waals surface area contributed by atoms with Crippen LogP contribution in [0.5, 0.6) is 0 Å². The van der Waals surface area contributed by atoms with Gasteiger partial charge >= 0.3 is 6.18 Å². The summed E-state index contributed by atoms with van der Waals surface area (Å²) in [6, 6.07) is 19.0. The minimum Gasteiger partial charge on any atom is -0.317 e. The van der Waals surface area contributed by atoms with Crippen LogP contribution in [0.4, 0.5) is 18.9 Å². The molecule has 0 fully saturated rings. The van der Waals surface area contributed by atoms with Gasteiger partial charge in [-0.3, -0.25) is 4.79 Å². The van der Waals surface area contributed by atoms with E-state index in [0.717, 1.165) is 11.6 Å². The molecule has 28 heavy (non-hydrogen) atoms. The Morgan fingerprint density at radius 1 is 0.964 bits per heavy atom.